The van der Waals surface area contributed by atoms with Gasteiger partial charge < -0.3 is 19.7 Å². The number of fused-ring (bicyclic) bond motifs is 3. The van der Waals surface area contributed by atoms with E-state index in [4.69, 9.17) is 14.5 Å². The Kier molecular flexibility index (Phi) is 5.55. The largest absolute Gasteiger partial charge is 0.497 e. The summed E-state index contributed by atoms with van der Waals surface area (Å²) in [7, 11) is 5.47. The van der Waals surface area contributed by atoms with Crippen LogP contribution in [0.3, 0.4) is 0 Å². The summed E-state index contributed by atoms with van der Waals surface area (Å²) in [6.07, 6.45) is 1.81. The van der Waals surface area contributed by atoms with Crippen molar-refractivity contribution in [1.82, 2.24) is 25.0 Å². The third kappa shape index (κ3) is 3.94. The number of likely N-dealkylation sites (N-methyl/N-ethyl adjacent to an activating group) is 1. The number of nitrogens with one attached hydrogen (secondary N) is 2. The van der Waals surface area contributed by atoms with Crippen molar-refractivity contribution < 1.29 is 9.47 Å². The van der Waals surface area contributed by atoms with Gasteiger partial charge in [0.25, 0.3) is 0 Å². The van der Waals surface area contributed by atoms with Crippen molar-refractivity contribution in [3.8, 4) is 11.5 Å². The third-order valence-corrected chi connectivity index (χ3v) is 6.11. The normalized spacial score (nSPS) is 15.3. The van der Waals surface area contributed by atoms with Crippen LogP contribution in [0, 0.1) is 0 Å². The van der Waals surface area contributed by atoms with E-state index >= 15 is 0 Å². The Morgan fingerprint density at radius 1 is 1.00 bits per heavy atom. The summed E-state index contributed by atoms with van der Waals surface area (Å²) >= 11 is 0. The number of ether oxygens (including phenoxy) is 2. The topological polar surface area (TPSA) is 78.5 Å². The van der Waals surface area contributed by atoms with Crippen LogP contribution in [0.5, 0.6) is 11.5 Å². The van der Waals surface area contributed by atoms with Gasteiger partial charge in [-0.2, -0.15) is 5.10 Å². The van der Waals surface area contributed by atoms with E-state index < -0.39 is 0 Å². The van der Waals surface area contributed by atoms with Gasteiger partial charge in [-0.05, 0) is 30.8 Å². The molecule has 1 saturated heterocycles. The molecule has 2 aromatic carbocycles. The van der Waals surface area contributed by atoms with Crippen molar-refractivity contribution in [1.29, 1.82) is 0 Å². The molecular formula is C24H28N6O2. The second-order valence-electron chi connectivity index (χ2n) is 8.25. The molecule has 1 fully saturated rings. The van der Waals surface area contributed by atoms with Crippen molar-refractivity contribution >= 4 is 33.3 Å². The van der Waals surface area contributed by atoms with Gasteiger partial charge in [0.1, 0.15) is 22.5 Å². The molecule has 4 aromatic rings. The fourth-order valence-corrected chi connectivity index (χ4v) is 4.20. The minimum Gasteiger partial charge on any atom is -0.497 e. The summed E-state index contributed by atoms with van der Waals surface area (Å²) in [4.78, 5) is 9.74. The van der Waals surface area contributed by atoms with Gasteiger partial charge in [0.05, 0.1) is 20.4 Å². The molecule has 0 amide bonds. The molecule has 8 nitrogen and oxygen atoms in total. The Bertz CT molecular complexity index is 1230. The lowest BCUT2D eigenvalue weighted by Crippen LogP contribution is -2.43. The number of H-pyrrole nitrogens is 1. The molecule has 166 valence electrons. The number of methoxy groups -OCH3 is 2. The van der Waals surface area contributed by atoms with Gasteiger partial charge in [-0.25, -0.2) is 4.98 Å². The Balaban J connectivity index is 1.43. The highest BCUT2D eigenvalue weighted by Crippen LogP contribution is 2.37. The van der Waals surface area contributed by atoms with Crippen LogP contribution in [-0.4, -0.2) is 72.4 Å². The Labute approximate surface area is 187 Å². The minimum atomic E-state index is 0.660. The number of aromatic nitrogens is 3. The van der Waals surface area contributed by atoms with Gasteiger partial charge in [-0.3, -0.25) is 10.00 Å². The van der Waals surface area contributed by atoms with Crippen LogP contribution in [-0.2, 0) is 6.54 Å². The Morgan fingerprint density at radius 2 is 1.78 bits per heavy atom. The van der Waals surface area contributed by atoms with Crippen molar-refractivity contribution in [3.63, 3.8) is 0 Å². The molecule has 0 radical (unpaired) electrons. The molecule has 0 bridgehead atoms. The van der Waals surface area contributed by atoms with Gasteiger partial charge >= 0.3 is 0 Å². The van der Waals surface area contributed by atoms with Crippen LogP contribution in [0.25, 0.3) is 21.8 Å². The maximum atomic E-state index is 5.59. The monoisotopic (exact) mass is 432 g/mol. The number of hydrogen-bond donors (Lipinski definition) is 2. The van der Waals surface area contributed by atoms with Crippen LogP contribution in [0.1, 0.15) is 5.56 Å². The predicted octanol–water partition coefficient (Wildman–Crippen LogP) is 3.62. The third-order valence-electron chi connectivity index (χ3n) is 6.11. The van der Waals surface area contributed by atoms with Crippen LogP contribution in [0.4, 0.5) is 11.5 Å². The van der Waals surface area contributed by atoms with Crippen LogP contribution in [0.15, 0.2) is 42.6 Å². The number of hydrogen-bond acceptors (Lipinski definition) is 7. The molecule has 0 spiro atoms. The van der Waals surface area contributed by atoms with E-state index in [1.54, 1.807) is 14.2 Å². The maximum Gasteiger partial charge on any atom is 0.157 e. The Hall–Kier alpha value is -3.36. The van der Waals surface area contributed by atoms with E-state index in [0.717, 1.165) is 66.0 Å². The molecular weight excluding hydrogens is 404 g/mol. The molecule has 1 aliphatic heterocycles. The van der Waals surface area contributed by atoms with E-state index in [-0.39, 0.29) is 0 Å². The molecule has 0 atom stereocenters. The summed E-state index contributed by atoms with van der Waals surface area (Å²) in [5.74, 6) is 2.09. The highest BCUT2D eigenvalue weighted by molar-refractivity contribution is 6.10. The highest BCUT2D eigenvalue weighted by Gasteiger charge is 2.16. The van der Waals surface area contributed by atoms with Crippen molar-refractivity contribution in [3.05, 3.63) is 48.2 Å². The van der Waals surface area contributed by atoms with Gasteiger partial charge in [0.2, 0.25) is 0 Å². The molecule has 0 aliphatic carbocycles. The summed E-state index contributed by atoms with van der Waals surface area (Å²) in [5.41, 5.74) is 3.89. The van der Waals surface area contributed by atoms with Crippen molar-refractivity contribution in [2.45, 2.75) is 6.54 Å². The predicted molar refractivity (Wildman–Crippen MR) is 127 cm³/mol. The number of aromatic amines is 1. The summed E-state index contributed by atoms with van der Waals surface area (Å²) in [5, 5.41) is 12.7. The van der Waals surface area contributed by atoms with Crippen LogP contribution in [0.2, 0.25) is 0 Å². The minimum absolute atomic E-state index is 0.660. The summed E-state index contributed by atoms with van der Waals surface area (Å²) < 4.78 is 11.0. The Morgan fingerprint density at radius 3 is 2.50 bits per heavy atom. The quantitative estimate of drug-likeness (QED) is 0.482. The maximum absolute atomic E-state index is 5.59. The number of piperazine rings is 1. The second kappa shape index (κ2) is 8.64. The molecule has 0 unspecified atom stereocenters. The van der Waals surface area contributed by atoms with Crippen LogP contribution < -0.4 is 14.8 Å². The SMILES string of the molecule is COc1cc(OC)c2nc(Nc3ccc(CN4CCN(C)CC4)cc3)c3[nH]ncc3c2c1. The zero-order valence-corrected chi connectivity index (χ0v) is 18.7. The lowest BCUT2D eigenvalue weighted by atomic mass is 10.1. The lowest BCUT2D eigenvalue weighted by Gasteiger charge is -2.32. The molecule has 2 N–H and O–H groups in total. The summed E-state index contributed by atoms with van der Waals surface area (Å²) in [6.45, 7) is 5.46. The number of nitrogens with zero attached hydrogens (tertiary/aromatic N) is 4. The molecule has 0 saturated carbocycles. The smallest absolute Gasteiger partial charge is 0.157 e. The first kappa shape index (κ1) is 20.5. The fraction of sp³-hybridized carbons (Fsp3) is 0.333. The zero-order valence-electron chi connectivity index (χ0n) is 18.7. The first-order chi connectivity index (χ1) is 15.6. The molecule has 1 aliphatic rings. The second-order valence-corrected chi connectivity index (χ2v) is 8.25. The van der Waals surface area contributed by atoms with Crippen molar-refractivity contribution in [2.24, 2.45) is 0 Å². The van der Waals surface area contributed by atoms with Gasteiger partial charge in [0.15, 0.2) is 5.82 Å². The average molecular weight is 433 g/mol. The first-order valence-corrected chi connectivity index (χ1v) is 10.8. The van der Waals surface area contributed by atoms with Crippen LogP contribution >= 0.6 is 0 Å². The average Bonchev–Trinajstić information content (AvgIpc) is 3.32. The van der Waals surface area contributed by atoms with E-state index in [0.29, 0.717) is 11.6 Å². The summed E-state index contributed by atoms with van der Waals surface area (Å²) in [6, 6.07) is 12.4. The molecule has 3 heterocycles. The zero-order chi connectivity index (χ0) is 22.1. The van der Waals surface area contributed by atoms with E-state index in [9.17, 15) is 0 Å². The molecule has 2 aromatic heterocycles. The van der Waals surface area contributed by atoms with E-state index in [1.165, 1.54) is 5.56 Å². The molecule has 8 heteroatoms. The number of anilines is 2. The van der Waals surface area contributed by atoms with Gasteiger partial charge in [-0.1, -0.05) is 12.1 Å². The molecule has 5 rings (SSSR count). The standard InChI is InChI=1S/C24H28N6O2/c1-29-8-10-30(11-9-29)15-16-4-6-17(7-5-16)26-24-23-20(14-25-28-23)19-12-18(31-2)13-21(32-3)22(19)27-24/h4-7,12-14H,8-11,15H2,1-3H3,(H,25,28)(H,26,27). The van der Waals surface area contributed by atoms with E-state index in [1.807, 2.05) is 18.3 Å². The van der Waals surface area contributed by atoms with Gasteiger partial charge in [-0.15, -0.1) is 0 Å². The fourth-order valence-electron chi connectivity index (χ4n) is 4.20. The molecule has 32 heavy (non-hydrogen) atoms. The van der Waals surface area contributed by atoms with E-state index in [2.05, 4.69) is 56.6 Å². The highest BCUT2D eigenvalue weighted by atomic mass is 16.5. The first-order valence-electron chi connectivity index (χ1n) is 10.8. The number of rotatable bonds is 6. The van der Waals surface area contributed by atoms with Crippen molar-refractivity contribution in [2.75, 3.05) is 52.8 Å². The lowest BCUT2D eigenvalue weighted by molar-refractivity contribution is 0.148. The van der Waals surface area contributed by atoms with Gasteiger partial charge in [0, 0.05) is 55.2 Å². The number of benzene rings is 2. The number of pyridine rings is 1.